The van der Waals surface area contributed by atoms with Gasteiger partial charge in [-0.1, -0.05) is 12.1 Å². The Morgan fingerprint density at radius 2 is 2.00 bits per heavy atom. The number of hydrogen-bond acceptors (Lipinski definition) is 5. The standard InChI is InChI=1S/C18H26N2O5/c1-19-16(21)10-18(24-3)12-20(8-9-25-13-18)17(22)15-6-4-14(5-7-15)11-23-2/h4-7H,8-13H2,1-3H3,(H,19,21)/t18-/m1/s1. The Morgan fingerprint density at radius 3 is 2.60 bits per heavy atom. The van der Waals surface area contributed by atoms with Gasteiger partial charge in [0.15, 0.2) is 0 Å². The van der Waals surface area contributed by atoms with Crippen LogP contribution in [0.1, 0.15) is 22.3 Å². The summed E-state index contributed by atoms with van der Waals surface area (Å²) in [6.07, 6.45) is 0.135. The molecule has 1 aromatic carbocycles. The Labute approximate surface area is 148 Å². The molecule has 0 radical (unpaired) electrons. The molecule has 1 fully saturated rings. The molecule has 0 bridgehead atoms. The van der Waals surface area contributed by atoms with Gasteiger partial charge in [-0.2, -0.15) is 0 Å². The minimum Gasteiger partial charge on any atom is -0.380 e. The van der Waals surface area contributed by atoms with Crippen molar-refractivity contribution in [2.45, 2.75) is 18.6 Å². The molecule has 138 valence electrons. The van der Waals surface area contributed by atoms with Crippen LogP contribution < -0.4 is 5.32 Å². The smallest absolute Gasteiger partial charge is 0.254 e. The van der Waals surface area contributed by atoms with Crippen LogP contribution in [0.5, 0.6) is 0 Å². The minimum absolute atomic E-state index is 0.104. The lowest BCUT2D eigenvalue weighted by molar-refractivity contribution is -0.131. The zero-order valence-corrected chi connectivity index (χ0v) is 15.0. The van der Waals surface area contributed by atoms with Crippen LogP contribution in [0.4, 0.5) is 0 Å². The first kappa shape index (κ1) is 19.4. The largest absolute Gasteiger partial charge is 0.380 e. The molecule has 25 heavy (non-hydrogen) atoms. The van der Waals surface area contributed by atoms with Crippen molar-refractivity contribution >= 4 is 11.8 Å². The topological polar surface area (TPSA) is 77.1 Å². The van der Waals surface area contributed by atoms with Crippen LogP contribution in [-0.2, 0) is 25.6 Å². The number of benzene rings is 1. The highest BCUT2D eigenvalue weighted by atomic mass is 16.5. The fraction of sp³-hybridized carbons (Fsp3) is 0.556. The maximum absolute atomic E-state index is 12.9. The summed E-state index contributed by atoms with van der Waals surface area (Å²) in [4.78, 5) is 26.4. The van der Waals surface area contributed by atoms with Crippen LogP contribution in [0.2, 0.25) is 0 Å². The van der Waals surface area contributed by atoms with Crippen molar-refractivity contribution in [1.29, 1.82) is 0 Å². The van der Waals surface area contributed by atoms with E-state index in [1.165, 1.54) is 0 Å². The first-order chi connectivity index (χ1) is 12.0. The maximum Gasteiger partial charge on any atom is 0.254 e. The third-order valence-electron chi connectivity index (χ3n) is 4.34. The lowest BCUT2D eigenvalue weighted by Crippen LogP contribution is -2.50. The number of methoxy groups -OCH3 is 2. The highest BCUT2D eigenvalue weighted by Crippen LogP contribution is 2.22. The Balaban J connectivity index is 2.15. The molecule has 1 aromatic rings. The van der Waals surface area contributed by atoms with Crippen molar-refractivity contribution in [2.75, 3.05) is 47.6 Å². The van der Waals surface area contributed by atoms with E-state index in [0.717, 1.165) is 5.56 Å². The molecule has 1 N–H and O–H groups in total. The summed E-state index contributed by atoms with van der Waals surface area (Å²) >= 11 is 0. The molecular weight excluding hydrogens is 324 g/mol. The molecule has 1 atom stereocenters. The van der Waals surface area contributed by atoms with E-state index in [9.17, 15) is 9.59 Å². The van der Waals surface area contributed by atoms with Crippen molar-refractivity contribution in [1.82, 2.24) is 10.2 Å². The van der Waals surface area contributed by atoms with Gasteiger partial charge in [0.2, 0.25) is 5.91 Å². The maximum atomic E-state index is 12.9. The second-order valence-electron chi connectivity index (χ2n) is 6.15. The van der Waals surface area contributed by atoms with Crippen LogP contribution in [-0.4, -0.2) is 69.9 Å². The molecule has 0 saturated carbocycles. The molecule has 0 aromatic heterocycles. The predicted molar refractivity (Wildman–Crippen MR) is 92.3 cm³/mol. The van der Waals surface area contributed by atoms with Gasteiger partial charge in [-0.3, -0.25) is 9.59 Å². The fourth-order valence-electron chi connectivity index (χ4n) is 2.86. The van der Waals surface area contributed by atoms with Gasteiger partial charge in [-0.05, 0) is 17.7 Å². The van der Waals surface area contributed by atoms with Crippen LogP contribution in [0, 0.1) is 0 Å². The monoisotopic (exact) mass is 350 g/mol. The second-order valence-corrected chi connectivity index (χ2v) is 6.15. The number of ether oxygens (including phenoxy) is 3. The lowest BCUT2D eigenvalue weighted by Gasteiger charge is -2.33. The first-order valence-corrected chi connectivity index (χ1v) is 8.24. The van der Waals surface area contributed by atoms with Gasteiger partial charge in [-0.25, -0.2) is 0 Å². The van der Waals surface area contributed by atoms with Crippen molar-refractivity contribution in [3.8, 4) is 0 Å². The fourth-order valence-corrected chi connectivity index (χ4v) is 2.86. The van der Waals surface area contributed by atoms with Gasteiger partial charge < -0.3 is 24.4 Å². The van der Waals surface area contributed by atoms with E-state index >= 15 is 0 Å². The number of nitrogens with zero attached hydrogens (tertiary/aromatic N) is 1. The van der Waals surface area contributed by atoms with E-state index in [4.69, 9.17) is 14.2 Å². The van der Waals surface area contributed by atoms with Crippen LogP contribution in [0.3, 0.4) is 0 Å². The molecule has 1 heterocycles. The zero-order chi connectivity index (χ0) is 18.3. The van der Waals surface area contributed by atoms with Crippen LogP contribution in [0.15, 0.2) is 24.3 Å². The molecule has 0 spiro atoms. The van der Waals surface area contributed by atoms with Gasteiger partial charge >= 0.3 is 0 Å². The molecule has 2 rings (SSSR count). The number of rotatable bonds is 6. The highest BCUT2D eigenvalue weighted by molar-refractivity contribution is 5.94. The predicted octanol–water partition coefficient (Wildman–Crippen LogP) is 0.827. The molecule has 2 amide bonds. The summed E-state index contributed by atoms with van der Waals surface area (Å²) in [6.45, 7) is 1.94. The summed E-state index contributed by atoms with van der Waals surface area (Å²) in [6, 6.07) is 7.32. The third kappa shape index (κ3) is 5.01. The van der Waals surface area contributed by atoms with E-state index < -0.39 is 5.60 Å². The first-order valence-electron chi connectivity index (χ1n) is 8.24. The van der Waals surface area contributed by atoms with Gasteiger partial charge in [0.05, 0.1) is 32.8 Å². The zero-order valence-electron chi connectivity index (χ0n) is 15.0. The Hall–Kier alpha value is -1.96. The van der Waals surface area contributed by atoms with Gasteiger partial charge in [0.1, 0.15) is 5.60 Å². The minimum atomic E-state index is -0.845. The molecule has 1 aliphatic heterocycles. The third-order valence-corrected chi connectivity index (χ3v) is 4.34. The van der Waals surface area contributed by atoms with E-state index in [-0.39, 0.29) is 24.8 Å². The molecule has 1 aliphatic rings. The van der Waals surface area contributed by atoms with Crippen molar-refractivity contribution in [3.05, 3.63) is 35.4 Å². The van der Waals surface area contributed by atoms with Gasteiger partial charge in [-0.15, -0.1) is 0 Å². The average Bonchev–Trinajstić information content (AvgIpc) is 2.85. The van der Waals surface area contributed by atoms with Gasteiger partial charge in [0.25, 0.3) is 5.91 Å². The van der Waals surface area contributed by atoms with E-state index in [1.807, 2.05) is 12.1 Å². The Bertz CT molecular complexity index is 590. The summed E-state index contributed by atoms with van der Waals surface area (Å²) in [5.74, 6) is -0.253. The van der Waals surface area contributed by atoms with Crippen molar-refractivity contribution in [3.63, 3.8) is 0 Å². The molecule has 1 saturated heterocycles. The summed E-state index contributed by atoms with van der Waals surface area (Å²) in [5, 5.41) is 2.60. The van der Waals surface area contributed by atoms with E-state index in [0.29, 0.717) is 31.9 Å². The van der Waals surface area contributed by atoms with Crippen molar-refractivity contribution < 1.29 is 23.8 Å². The number of nitrogens with one attached hydrogen (secondary N) is 1. The number of amides is 2. The van der Waals surface area contributed by atoms with Crippen LogP contribution in [0.25, 0.3) is 0 Å². The summed E-state index contributed by atoms with van der Waals surface area (Å²) < 4.78 is 16.3. The molecule has 0 unspecified atom stereocenters. The number of carbonyl (C=O) groups is 2. The summed E-state index contributed by atoms with van der Waals surface area (Å²) in [7, 11) is 4.75. The van der Waals surface area contributed by atoms with Crippen molar-refractivity contribution in [2.24, 2.45) is 0 Å². The van der Waals surface area contributed by atoms with E-state index in [1.54, 1.807) is 38.3 Å². The summed E-state index contributed by atoms with van der Waals surface area (Å²) in [5.41, 5.74) is 0.748. The SMILES string of the molecule is CNC(=O)C[C@]1(OC)COCCN(C(=O)c2ccc(COC)cc2)C1. The highest BCUT2D eigenvalue weighted by Gasteiger charge is 2.38. The van der Waals surface area contributed by atoms with E-state index in [2.05, 4.69) is 5.32 Å². The molecular formula is C18H26N2O5. The van der Waals surface area contributed by atoms with Gasteiger partial charge in [0, 0.05) is 33.4 Å². The Morgan fingerprint density at radius 1 is 1.28 bits per heavy atom. The van der Waals surface area contributed by atoms with Crippen LogP contribution >= 0.6 is 0 Å². The Kier molecular flexibility index (Phi) is 6.92. The number of carbonyl (C=O) groups excluding carboxylic acids is 2. The lowest BCUT2D eigenvalue weighted by atomic mass is 9.98. The average molecular weight is 350 g/mol. The molecule has 7 heteroatoms. The second kappa shape index (κ2) is 8.94. The molecule has 0 aliphatic carbocycles. The molecule has 7 nitrogen and oxygen atoms in total. The number of hydrogen-bond donors (Lipinski definition) is 1. The normalized spacial score (nSPS) is 20.8. The quantitative estimate of drug-likeness (QED) is 0.822.